The van der Waals surface area contributed by atoms with Gasteiger partial charge in [0.05, 0.1) is 11.9 Å². The molecule has 118 valence electrons. The summed E-state index contributed by atoms with van der Waals surface area (Å²) in [5, 5.41) is 4.27. The maximum Gasteiger partial charge on any atom is 0.241 e. The molecule has 0 aromatic carbocycles. The zero-order chi connectivity index (χ0) is 15.5. The number of nitrogens with zero attached hydrogens (tertiary/aromatic N) is 3. The third kappa shape index (κ3) is 3.06. The Bertz CT molecular complexity index is 674. The minimum Gasteiger partial charge on any atom is -0.360 e. The van der Waals surface area contributed by atoms with E-state index < -0.39 is 0 Å². The monoisotopic (exact) mass is 318 g/mol. The molecule has 1 fully saturated rings. The Labute approximate surface area is 134 Å². The Kier molecular flexibility index (Phi) is 4.57. The van der Waals surface area contributed by atoms with Gasteiger partial charge in [0, 0.05) is 18.0 Å². The molecule has 0 saturated carbocycles. The van der Waals surface area contributed by atoms with Crippen LogP contribution in [-0.2, 0) is 4.79 Å². The van der Waals surface area contributed by atoms with E-state index in [2.05, 4.69) is 29.1 Å². The highest BCUT2D eigenvalue weighted by atomic mass is 32.1. The Balaban J connectivity index is 1.72. The normalized spacial score (nSPS) is 15.8. The van der Waals surface area contributed by atoms with E-state index >= 15 is 0 Å². The van der Waals surface area contributed by atoms with Gasteiger partial charge in [-0.05, 0) is 32.3 Å². The number of hydrogen-bond acceptors (Lipinski definition) is 5. The minimum atomic E-state index is 0.165. The van der Waals surface area contributed by atoms with Crippen molar-refractivity contribution in [2.75, 3.05) is 25.0 Å². The Morgan fingerprint density at radius 2 is 1.95 bits per heavy atom. The molecule has 2 aromatic heterocycles. The van der Waals surface area contributed by atoms with Crippen LogP contribution in [0.2, 0.25) is 0 Å². The molecule has 0 spiro atoms. The molecule has 1 N–H and O–H groups in total. The molecule has 3 heterocycles. The molecule has 1 saturated heterocycles. The van der Waals surface area contributed by atoms with E-state index in [1.54, 1.807) is 17.7 Å². The lowest BCUT2D eigenvalue weighted by molar-refractivity contribution is -0.129. The Morgan fingerprint density at radius 1 is 1.23 bits per heavy atom. The largest absolute Gasteiger partial charge is 0.360 e. The molecule has 0 radical (unpaired) electrons. The van der Waals surface area contributed by atoms with E-state index in [1.165, 1.54) is 23.3 Å². The van der Waals surface area contributed by atoms with Gasteiger partial charge >= 0.3 is 0 Å². The van der Waals surface area contributed by atoms with Crippen molar-refractivity contribution >= 4 is 33.3 Å². The number of likely N-dealkylation sites (tertiary alicyclic amines) is 1. The van der Waals surface area contributed by atoms with Crippen LogP contribution in [0.15, 0.2) is 6.33 Å². The number of thiophene rings is 1. The predicted octanol–water partition coefficient (Wildman–Crippen LogP) is 3.12. The number of amides is 1. The summed E-state index contributed by atoms with van der Waals surface area (Å²) in [5.74, 6) is 0.938. The highest BCUT2D eigenvalue weighted by Crippen LogP contribution is 2.32. The van der Waals surface area contributed by atoms with E-state index in [0.29, 0.717) is 6.54 Å². The van der Waals surface area contributed by atoms with Gasteiger partial charge in [-0.15, -0.1) is 11.3 Å². The zero-order valence-electron chi connectivity index (χ0n) is 13.2. The molecule has 0 aliphatic carbocycles. The van der Waals surface area contributed by atoms with E-state index in [0.717, 1.165) is 42.0 Å². The second-order valence-corrected chi connectivity index (χ2v) is 7.04. The zero-order valence-corrected chi connectivity index (χ0v) is 14.0. The van der Waals surface area contributed by atoms with Crippen LogP contribution < -0.4 is 5.32 Å². The fourth-order valence-electron chi connectivity index (χ4n) is 2.91. The first-order valence-electron chi connectivity index (χ1n) is 7.89. The molecule has 0 unspecified atom stereocenters. The Hall–Kier alpha value is -1.69. The van der Waals surface area contributed by atoms with Crippen LogP contribution in [0, 0.1) is 13.8 Å². The van der Waals surface area contributed by atoms with Gasteiger partial charge in [0.15, 0.2) is 0 Å². The summed E-state index contributed by atoms with van der Waals surface area (Å²) >= 11 is 1.67. The second-order valence-electron chi connectivity index (χ2n) is 5.83. The van der Waals surface area contributed by atoms with E-state index in [-0.39, 0.29) is 5.91 Å². The predicted molar refractivity (Wildman–Crippen MR) is 90.4 cm³/mol. The van der Waals surface area contributed by atoms with Crippen LogP contribution in [0.4, 0.5) is 5.82 Å². The maximum absolute atomic E-state index is 12.4. The van der Waals surface area contributed by atoms with E-state index in [9.17, 15) is 4.79 Å². The minimum absolute atomic E-state index is 0.165. The maximum atomic E-state index is 12.4. The lowest BCUT2D eigenvalue weighted by Gasteiger charge is -2.20. The molecule has 1 aliphatic heterocycles. The lowest BCUT2D eigenvalue weighted by atomic mass is 10.2. The number of aryl methyl sites for hydroxylation is 2. The SMILES string of the molecule is Cc1sc2ncnc(NCC(=O)N3CCCCCC3)c2c1C. The molecule has 22 heavy (non-hydrogen) atoms. The summed E-state index contributed by atoms with van der Waals surface area (Å²) in [6, 6.07) is 0. The highest BCUT2D eigenvalue weighted by Gasteiger charge is 2.17. The molecular weight excluding hydrogens is 296 g/mol. The van der Waals surface area contributed by atoms with Crippen LogP contribution in [0.25, 0.3) is 10.2 Å². The van der Waals surface area contributed by atoms with Gasteiger partial charge in [0.1, 0.15) is 17.0 Å². The van der Waals surface area contributed by atoms with Crippen LogP contribution in [0.3, 0.4) is 0 Å². The van der Waals surface area contributed by atoms with Crippen molar-refractivity contribution in [3.8, 4) is 0 Å². The number of anilines is 1. The van der Waals surface area contributed by atoms with Crippen LogP contribution in [0.5, 0.6) is 0 Å². The van der Waals surface area contributed by atoms with Crippen molar-refractivity contribution in [1.82, 2.24) is 14.9 Å². The molecule has 3 rings (SSSR count). The van der Waals surface area contributed by atoms with E-state index in [4.69, 9.17) is 0 Å². The summed E-state index contributed by atoms with van der Waals surface area (Å²) < 4.78 is 0. The van der Waals surface area contributed by atoms with Gasteiger partial charge in [-0.1, -0.05) is 12.8 Å². The number of aromatic nitrogens is 2. The summed E-state index contributed by atoms with van der Waals surface area (Å²) in [6.07, 6.45) is 6.27. The number of carbonyl (C=O) groups is 1. The quantitative estimate of drug-likeness (QED) is 0.944. The van der Waals surface area contributed by atoms with Gasteiger partial charge in [-0.2, -0.15) is 0 Å². The number of nitrogens with one attached hydrogen (secondary N) is 1. The van der Waals surface area contributed by atoms with Crippen molar-refractivity contribution in [2.24, 2.45) is 0 Å². The van der Waals surface area contributed by atoms with Crippen molar-refractivity contribution in [3.63, 3.8) is 0 Å². The molecule has 1 aliphatic rings. The topological polar surface area (TPSA) is 58.1 Å². The van der Waals surface area contributed by atoms with Crippen LogP contribution in [-0.4, -0.2) is 40.4 Å². The number of fused-ring (bicyclic) bond motifs is 1. The molecule has 6 heteroatoms. The molecule has 0 bridgehead atoms. The van der Waals surface area contributed by atoms with Crippen molar-refractivity contribution in [1.29, 1.82) is 0 Å². The molecule has 1 amide bonds. The summed E-state index contributed by atoms with van der Waals surface area (Å²) in [5.41, 5.74) is 1.20. The van der Waals surface area contributed by atoms with Crippen LogP contribution >= 0.6 is 11.3 Å². The van der Waals surface area contributed by atoms with Gasteiger partial charge < -0.3 is 10.2 Å². The number of carbonyl (C=O) groups excluding carboxylic acids is 1. The summed E-state index contributed by atoms with van der Waals surface area (Å²) in [4.78, 5) is 25.2. The van der Waals surface area contributed by atoms with Crippen molar-refractivity contribution in [2.45, 2.75) is 39.5 Å². The van der Waals surface area contributed by atoms with Gasteiger partial charge in [0.25, 0.3) is 0 Å². The third-order valence-corrected chi connectivity index (χ3v) is 5.45. The first-order chi connectivity index (χ1) is 10.7. The van der Waals surface area contributed by atoms with Gasteiger partial charge in [-0.3, -0.25) is 4.79 Å². The van der Waals surface area contributed by atoms with Crippen molar-refractivity contribution < 1.29 is 4.79 Å². The first kappa shape index (κ1) is 15.2. The van der Waals surface area contributed by atoms with Gasteiger partial charge in [0.2, 0.25) is 5.91 Å². The number of hydrogen-bond donors (Lipinski definition) is 1. The third-order valence-electron chi connectivity index (χ3n) is 4.33. The van der Waals surface area contributed by atoms with Crippen LogP contribution in [0.1, 0.15) is 36.1 Å². The standard InChI is InChI=1S/C16H22N4OS/c1-11-12(2)22-16-14(11)15(18-10-19-16)17-9-13(21)20-7-5-3-4-6-8-20/h10H,3-9H2,1-2H3,(H,17,18,19). The van der Waals surface area contributed by atoms with Crippen molar-refractivity contribution in [3.05, 3.63) is 16.8 Å². The average Bonchev–Trinajstić information content (AvgIpc) is 2.73. The number of rotatable bonds is 3. The molecule has 0 atom stereocenters. The molecule has 5 nitrogen and oxygen atoms in total. The highest BCUT2D eigenvalue weighted by molar-refractivity contribution is 7.18. The Morgan fingerprint density at radius 3 is 2.68 bits per heavy atom. The second kappa shape index (κ2) is 6.60. The molecule has 2 aromatic rings. The summed E-state index contributed by atoms with van der Waals surface area (Å²) in [7, 11) is 0. The fourth-order valence-corrected chi connectivity index (χ4v) is 3.90. The fraction of sp³-hybridized carbons (Fsp3) is 0.562. The average molecular weight is 318 g/mol. The molecular formula is C16H22N4OS. The lowest BCUT2D eigenvalue weighted by Crippen LogP contribution is -2.36. The summed E-state index contributed by atoms with van der Waals surface area (Å²) in [6.45, 7) is 6.25. The smallest absolute Gasteiger partial charge is 0.241 e. The first-order valence-corrected chi connectivity index (χ1v) is 8.71. The van der Waals surface area contributed by atoms with Gasteiger partial charge in [-0.25, -0.2) is 9.97 Å². The van der Waals surface area contributed by atoms with E-state index in [1.807, 2.05) is 4.90 Å².